The highest BCUT2D eigenvalue weighted by molar-refractivity contribution is 5.94. The Morgan fingerprint density at radius 2 is 1.93 bits per heavy atom. The highest BCUT2D eigenvalue weighted by Gasteiger charge is 2.05. The van der Waals surface area contributed by atoms with Crippen molar-refractivity contribution in [3.8, 4) is 0 Å². The molecular formula is C11H15NO2. The highest BCUT2D eigenvalue weighted by Crippen LogP contribution is 2.04. The van der Waals surface area contributed by atoms with Crippen molar-refractivity contribution in [1.29, 1.82) is 0 Å². The number of benzene rings is 1. The van der Waals surface area contributed by atoms with Crippen LogP contribution in [-0.2, 0) is 6.61 Å². The van der Waals surface area contributed by atoms with E-state index in [1.54, 1.807) is 24.3 Å². The van der Waals surface area contributed by atoms with Crippen LogP contribution in [0.25, 0.3) is 0 Å². The van der Waals surface area contributed by atoms with Gasteiger partial charge in [-0.25, -0.2) is 0 Å². The molecule has 0 fully saturated rings. The first-order valence-corrected chi connectivity index (χ1v) is 4.64. The van der Waals surface area contributed by atoms with Crippen LogP contribution in [0.15, 0.2) is 24.3 Å². The molecule has 14 heavy (non-hydrogen) atoms. The molecule has 1 amide bonds. The molecule has 0 saturated carbocycles. The minimum absolute atomic E-state index is 0.00603. The molecule has 3 nitrogen and oxygen atoms in total. The third-order valence-corrected chi connectivity index (χ3v) is 1.82. The summed E-state index contributed by atoms with van der Waals surface area (Å²) in [6, 6.07) is 7.05. The quantitative estimate of drug-likeness (QED) is 0.760. The van der Waals surface area contributed by atoms with E-state index in [-0.39, 0.29) is 18.6 Å². The summed E-state index contributed by atoms with van der Waals surface area (Å²) < 4.78 is 0. The lowest BCUT2D eigenvalue weighted by molar-refractivity contribution is 0.0943. The van der Waals surface area contributed by atoms with Crippen LogP contribution < -0.4 is 5.32 Å². The first-order valence-electron chi connectivity index (χ1n) is 4.64. The lowest BCUT2D eigenvalue weighted by Crippen LogP contribution is -2.29. The minimum Gasteiger partial charge on any atom is -0.392 e. The highest BCUT2D eigenvalue weighted by atomic mass is 16.3. The van der Waals surface area contributed by atoms with Gasteiger partial charge in [0.15, 0.2) is 0 Å². The molecule has 0 spiro atoms. The molecule has 0 aliphatic carbocycles. The van der Waals surface area contributed by atoms with Crippen molar-refractivity contribution in [1.82, 2.24) is 5.32 Å². The molecule has 0 unspecified atom stereocenters. The zero-order valence-electron chi connectivity index (χ0n) is 8.45. The van der Waals surface area contributed by atoms with Crippen molar-refractivity contribution in [2.45, 2.75) is 26.5 Å². The van der Waals surface area contributed by atoms with Crippen molar-refractivity contribution >= 4 is 5.91 Å². The molecule has 0 saturated heterocycles. The molecule has 76 valence electrons. The van der Waals surface area contributed by atoms with Crippen molar-refractivity contribution in [3.05, 3.63) is 35.4 Å². The van der Waals surface area contributed by atoms with E-state index < -0.39 is 0 Å². The Bertz CT molecular complexity index is 304. The third kappa shape index (κ3) is 2.85. The van der Waals surface area contributed by atoms with Crippen LogP contribution in [0.2, 0.25) is 0 Å². The van der Waals surface area contributed by atoms with Crippen LogP contribution in [0.1, 0.15) is 29.8 Å². The molecular weight excluding hydrogens is 178 g/mol. The van der Waals surface area contributed by atoms with Gasteiger partial charge in [0.2, 0.25) is 0 Å². The zero-order chi connectivity index (χ0) is 10.6. The average Bonchev–Trinajstić information content (AvgIpc) is 2.17. The maximum Gasteiger partial charge on any atom is 0.251 e. The van der Waals surface area contributed by atoms with E-state index >= 15 is 0 Å². The van der Waals surface area contributed by atoms with Gasteiger partial charge >= 0.3 is 0 Å². The smallest absolute Gasteiger partial charge is 0.251 e. The van der Waals surface area contributed by atoms with Crippen LogP contribution >= 0.6 is 0 Å². The Balaban J connectivity index is 2.71. The number of carbonyl (C=O) groups excluding carboxylic acids is 1. The minimum atomic E-state index is -0.0792. The Kier molecular flexibility index (Phi) is 3.65. The Hall–Kier alpha value is -1.35. The summed E-state index contributed by atoms with van der Waals surface area (Å²) in [6.45, 7) is 3.84. The van der Waals surface area contributed by atoms with Crippen molar-refractivity contribution < 1.29 is 9.90 Å². The second kappa shape index (κ2) is 4.77. The predicted octanol–water partition coefficient (Wildman–Crippen LogP) is 1.32. The van der Waals surface area contributed by atoms with Gasteiger partial charge in [0.1, 0.15) is 0 Å². The van der Waals surface area contributed by atoms with E-state index in [4.69, 9.17) is 5.11 Å². The number of carbonyl (C=O) groups is 1. The average molecular weight is 193 g/mol. The molecule has 1 rings (SSSR count). The zero-order valence-corrected chi connectivity index (χ0v) is 8.45. The van der Waals surface area contributed by atoms with Crippen LogP contribution in [0.4, 0.5) is 0 Å². The van der Waals surface area contributed by atoms with Crippen LogP contribution in [0.3, 0.4) is 0 Å². The number of rotatable bonds is 3. The van der Waals surface area contributed by atoms with Crippen LogP contribution in [0, 0.1) is 0 Å². The fourth-order valence-corrected chi connectivity index (χ4v) is 1.11. The molecule has 0 radical (unpaired) electrons. The molecule has 3 heteroatoms. The first kappa shape index (κ1) is 10.7. The van der Waals surface area contributed by atoms with Gasteiger partial charge in [-0.3, -0.25) is 4.79 Å². The summed E-state index contributed by atoms with van der Waals surface area (Å²) in [5.74, 6) is -0.0792. The fraction of sp³-hybridized carbons (Fsp3) is 0.364. The molecule has 0 heterocycles. The van der Waals surface area contributed by atoms with Crippen molar-refractivity contribution in [2.75, 3.05) is 0 Å². The monoisotopic (exact) mass is 193 g/mol. The van der Waals surface area contributed by atoms with Gasteiger partial charge in [0.25, 0.3) is 5.91 Å². The van der Waals surface area contributed by atoms with Gasteiger partial charge in [-0.1, -0.05) is 12.1 Å². The Morgan fingerprint density at radius 3 is 2.36 bits per heavy atom. The summed E-state index contributed by atoms with van der Waals surface area (Å²) in [5, 5.41) is 11.6. The number of amides is 1. The number of hydrogen-bond donors (Lipinski definition) is 2. The SMILES string of the molecule is CC(C)NC(=O)c1ccc(CO)cc1. The normalized spacial score (nSPS) is 10.3. The van der Waals surface area contributed by atoms with Crippen LogP contribution in [-0.4, -0.2) is 17.1 Å². The second-order valence-corrected chi connectivity index (χ2v) is 3.48. The third-order valence-electron chi connectivity index (χ3n) is 1.82. The second-order valence-electron chi connectivity index (χ2n) is 3.48. The number of nitrogens with one attached hydrogen (secondary N) is 1. The van der Waals surface area contributed by atoms with E-state index in [1.165, 1.54) is 0 Å². The predicted molar refractivity (Wildman–Crippen MR) is 55.0 cm³/mol. The van der Waals surface area contributed by atoms with Gasteiger partial charge in [-0.2, -0.15) is 0 Å². The largest absolute Gasteiger partial charge is 0.392 e. The van der Waals surface area contributed by atoms with E-state index in [0.717, 1.165) is 5.56 Å². The Labute approximate surface area is 83.8 Å². The summed E-state index contributed by atoms with van der Waals surface area (Å²) in [7, 11) is 0. The van der Waals surface area contributed by atoms with Gasteiger partial charge in [-0.05, 0) is 31.5 Å². The van der Waals surface area contributed by atoms with E-state index in [2.05, 4.69) is 5.32 Å². The topological polar surface area (TPSA) is 49.3 Å². The number of aliphatic hydroxyl groups is 1. The first-order chi connectivity index (χ1) is 6.63. The van der Waals surface area contributed by atoms with E-state index in [0.29, 0.717) is 5.56 Å². The molecule has 1 aromatic carbocycles. The molecule has 0 aromatic heterocycles. The van der Waals surface area contributed by atoms with Gasteiger partial charge in [0, 0.05) is 11.6 Å². The molecule has 0 aliphatic heterocycles. The van der Waals surface area contributed by atoms with Gasteiger partial charge in [0.05, 0.1) is 6.61 Å². The molecule has 0 bridgehead atoms. The fourth-order valence-electron chi connectivity index (χ4n) is 1.11. The lowest BCUT2D eigenvalue weighted by Gasteiger charge is -2.08. The summed E-state index contributed by atoms with van der Waals surface area (Å²) >= 11 is 0. The van der Waals surface area contributed by atoms with Crippen molar-refractivity contribution in [2.24, 2.45) is 0 Å². The van der Waals surface area contributed by atoms with Crippen molar-refractivity contribution in [3.63, 3.8) is 0 Å². The lowest BCUT2D eigenvalue weighted by atomic mass is 10.1. The van der Waals surface area contributed by atoms with Gasteiger partial charge in [-0.15, -0.1) is 0 Å². The molecule has 0 atom stereocenters. The summed E-state index contributed by atoms with van der Waals surface area (Å²) in [6.07, 6.45) is 0. The Morgan fingerprint density at radius 1 is 1.36 bits per heavy atom. The number of aliphatic hydroxyl groups excluding tert-OH is 1. The number of hydrogen-bond acceptors (Lipinski definition) is 2. The van der Waals surface area contributed by atoms with E-state index in [1.807, 2.05) is 13.8 Å². The van der Waals surface area contributed by atoms with Crippen LogP contribution in [0.5, 0.6) is 0 Å². The maximum absolute atomic E-state index is 11.5. The van der Waals surface area contributed by atoms with Gasteiger partial charge < -0.3 is 10.4 Å². The summed E-state index contributed by atoms with van der Waals surface area (Å²) in [5.41, 5.74) is 1.43. The molecule has 0 aliphatic rings. The summed E-state index contributed by atoms with van der Waals surface area (Å²) in [4.78, 5) is 11.5. The maximum atomic E-state index is 11.5. The molecule has 2 N–H and O–H groups in total. The standard InChI is InChI=1S/C11H15NO2/c1-8(2)12-11(14)10-5-3-9(7-13)4-6-10/h3-6,8,13H,7H2,1-2H3,(H,12,14). The van der Waals surface area contributed by atoms with E-state index in [9.17, 15) is 4.79 Å². The molecule has 1 aromatic rings.